The Labute approximate surface area is 174 Å². The van der Waals surface area contributed by atoms with Crippen molar-refractivity contribution in [2.24, 2.45) is 7.05 Å². The molecule has 2 heterocycles. The zero-order valence-electron chi connectivity index (χ0n) is 16.3. The summed E-state index contributed by atoms with van der Waals surface area (Å²) < 4.78 is 38.3. The lowest BCUT2D eigenvalue weighted by Gasteiger charge is -2.08. The van der Waals surface area contributed by atoms with Crippen molar-refractivity contribution in [1.29, 1.82) is 0 Å². The Morgan fingerprint density at radius 3 is 2.58 bits per heavy atom. The van der Waals surface area contributed by atoms with Crippen LogP contribution in [0.2, 0.25) is 0 Å². The number of halogens is 3. The molecule has 0 spiro atoms. The molecule has 2 N–H and O–H groups in total. The zero-order valence-corrected chi connectivity index (χ0v) is 16.3. The molecular weight excluding hydrogens is 409 g/mol. The number of benzene rings is 2. The molecule has 31 heavy (non-hydrogen) atoms. The summed E-state index contributed by atoms with van der Waals surface area (Å²) in [5, 5.41) is 11.5. The number of hydrogen-bond acceptors (Lipinski definition) is 5. The van der Waals surface area contributed by atoms with Gasteiger partial charge in [-0.05, 0) is 35.7 Å². The van der Waals surface area contributed by atoms with Crippen LogP contribution in [0, 0.1) is 0 Å². The highest BCUT2D eigenvalue weighted by Crippen LogP contribution is 2.23. The average Bonchev–Trinajstić information content (AvgIpc) is 3.11. The molecule has 0 aliphatic rings. The van der Waals surface area contributed by atoms with Crippen molar-refractivity contribution in [1.82, 2.24) is 25.1 Å². The number of aromatic nitrogens is 4. The number of aryl methyl sites for hydroxylation is 1. The van der Waals surface area contributed by atoms with Gasteiger partial charge in [0.15, 0.2) is 5.82 Å². The summed E-state index contributed by atoms with van der Waals surface area (Å²) in [7, 11) is 1.74. The lowest BCUT2D eigenvalue weighted by atomic mass is 10.1. The molecule has 0 atom stereocenters. The van der Waals surface area contributed by atoms with E-state index in [2.05, 4.69) is 20.4 Å². The number of nitrogens with one attached hydrogen (secondary N) is 2. The van der Waals surface area contributed by atoms with Gasteiger partial charge in [-0.25, -0.2) is 4.68 Å². The molecule has 0 saturated carbocycles. The fourth-order valence-electron chi connectivity index (χ4n) is 2.96. The first kappa shape index (κ1) is 20.3. The summed E-state index contributed by atoms with van der Waals surface area (Å²) in [5.41, 5.74) is 1.57. The Kier molecular flexibility index (Phi) is 5.28. The Morgan fingerprint density at radius 2 is 1.84 bits per heavy atom. The second-order valence-electron chi connectivity index (χ2n) is 6.82. The molecule has 0 aliphatic carbocycles. The lowest BCUT2D eigenvalue weighted by Crippen LogP contribution is -2.33. The number of carbonyl (C=O) groups is 1. The molecule has 1 amide bonds. The zero-order chi connectivity index (χ0) is 22.0. The van der Waals surface area contributed by atoms with Crippen molar-refractivity contribution in [3.8, 4) is 11.4 Å². The highest BCUT2D eigenvalue weighted by atomic mass is 19.4. The fraction of sp³-hybridized carbons (Fsp3) is 0.143. The summed E-state index contributed by atoms with van der Waals surface area (Å²) in [6.07, 6.45) is -0.953. The van der Waals surface area contributed by atoms with Crippen LogP contribution in [0.4, 0.5) is 24.8 Å². The van der Waals surface area contributed by atoms with Crippen molar-refractivity contribution >= 4 is 28.3 Å². The molecule has 4 rings (SSSR count). The van der Waals surface area contributed by atoms with Crippen molar-refractivity contribution in [2.45, 2.75) is 6.18 Å². The molecule has 2 aromatic carbocycles. The standard InChI is InChI=1S/C21H17F3N6O/c1-30-20(27-17-7-6-16-11-25-9-8-15(16)10-17)28-18(29-30)13-2-4-14(5-3-13)19(31)26-12-21(22,23)24/h2-11H,12H2,1H3,(H,26,31)(H,27,28,29). The van der Waals surface area contributed by atoms with Gasteiger partial charge in [-0.1, -0.05) is 18.2 Å². The molecule has 0 aliphatic heterocycles. The van der Waals surface area contributed by atoms with Gasteiger partial charge in [-0.2, -0.15) is 18.2 Å². The van der Waals surface area contributed by atoms with E-state index < -0.39 is 18.6 Å². The Morgan fingerprint density at radius 1 is 1.06 bits per heavy atom. The van der Waals surface area contributed by atoms with E-state index in [1.165, 1.54) is 12.1 Å². The molecular formula is C21H17F3N6O. The van der Waals surface area contributed by atoms with Gasteiger partial charge >= 0.3 is 6.18 Å². The van der Waals surface area contributed by atoms with Crippen molar-refractivity contribution in [3.63, 3.8) is 0 Å². The van der Waals surface area contributed by atoms with E-state index in [1.807, 2.05) is 29.6 Å². The summed E-state index contributed by atoms with van der Waals surface area (Å²) in [6, 6.07) is 13.8. The van der Waals surface area contributed by atoms with Crippen LogP contribution in [0.1, 0.15) is 10.4 Å². The second kappa shape index (κ2) is 8.05. The molecule has 2 aromatic heterocycles. The van der Waals surface area contributed by atoms with E-state index in [1.54, 1.807) is 36.3 Å². The molecule has 10 heteroatoms. The van der Waals surface area contributed by atoms with Crippen molar-refractivity contribution < 1.29 is 18.0 Å². The van der Waals surface area contributed by atoms with Crippen LogP contribution in [0.15, 0.2) is 60.9 Å². The third-order valence-corrected chi connectivity index (χ3v) is 4.51. The number of anilines is 2. The predicted octanol–water partition coefficient (Wildman–Crippen LogP) is 4.07. The summed E-state index contributed by atoms with van der Waals surface area (Å²) in [5.74, 6) is 0.124. The lowest BCUT2D eigenvalue weighted by molar-refractivity contribution is -0.123. The molecule has 0 radical (unpaired) electrons. The molecule has 7 nitrogen and oxygen atoms in total. The van der Waals surface area contributed by atoms with Gasteiger partial charge in [-0.15, -0.1) is 5.10 Å². The third kappa shape index (κ3) is 4.80. The number of fused-ring (bicyclic) bond motifs is 1. The van der Waals surface area contributed by atoms with Crippen LogP contribution >= 0.6 is 0 Å². The first-order valence-electron chi connectivity index (χ1n) is 9.26. The van der Waals surface area contributed by atoms with Gasteiger partial charge in [0.1, 0.15) is 6.54 Å². The smallest absolute Gasteiger partial charge is 0.343 e. The normalized spacial score (nSPS) is 11.5. The van der Waals surface area contributed by atoms with E-state index in [9.17, 15) is 18.0 Å². The quantitative estimate of drug-likeness (QED) is 0.503. The minimum atomic E-state index is -4.46. The number of hydrogen-bond donors (Lipinski definition) is 2. The second-order valence-corrected chi connectivity index (χ2v) is 6.82. The summed E-state index contributed by atoms with van der Waals surface area (Å²) in [4.78, 5) is 20.4. The van der Waals surface area contributed by atoms with Crippen molar-refractivity contribution in [2.75, 3.05) is 11.9 Å². The molecule has 0 saturated heterocycles. The maximum absolute atomic E-state index is 12.2. The Balaban J connectivity index is 1.49. The Hall–Kier alpha value is -3.95. The highest BCUT2D eigenvalue weighted by molar-refractivity contribution is 5.94. The minimum absolute atomic E-state index is 0.118. The SMILES string of the molecule is Cn1nc(-c2ccc(C(=O)NCC(F)(F)F)cc2)nc1Nc1ccc2cnccc2c1. The van der Waals surface area contributed by atoms with Gasteiger partial charge in [0.2, 0.25) is 5.95 Å². The van der Waals surface area contributed by atoms with Gasteiger partial charge in [0.25, 0.3) is 5.91 Å². The summed E-state index contributed by atoms with van der Waals surface area (Å²) >= 11 is 0. The van der Waals surface area contributed by atoms with Gasteiger partial charge in [0.05, 0.1) is 0 Å². The maximum atomic E-state index is 12.2. The van der Waals surface area contributed by atoms with E-state index in [0.717, 1.165) is 16.5 Å². The first-order chi connectivity index (χ1) is 14.8. The number of pyridine rings is 1. The molecule has 158 valence electrons. The largest absolute Gasteiger partial charge is 0.405 e. The topological polar surface area (TPSA) is 84.7 Å². The van der Waals surface area contributed by atoms with Crippen LogP contribution in [-0.4, -0.2) is 38.4 Å². The van der Waals surface area contributed by atoms with Crippen LogP contribution in [-0.2, 0) is 7.05 Å². The molecule has 4 aromatic rings. The van der Waals surface area contributed by atoms with E-state index >= 15 is 0 Å². The highest BCUT2D eigenvalue weighted by Gasteiger charge is 2.27. The van der Waals surface area contributed by atoms with Crippen LogP contribution in [0.3, 0.4) is 0 Å². The van der Waals surface area contributed by atoms with E-state index in [0.29, 0.717) is 17.3 Å². The summed E-state index contributed by atoms with van der Waals surface area (Å²) in [6.45, 7) is -1.38. The molecule has 0 bridgehead atoms. The maximum Gasteiger partial charge on any atom is 0.405 e. The van der Waals surface area contributed by atoms with Crippen LogP contribution in [0.25, 0.3) is 22.2 Å². The van der Waals surface area contributed by atoms with E-state index in [4.69, 9.17) is 0 Å². The first-order valence-corrected chi connectivity index (χ1v) is 9.26. The third-order valence-electron chi connectivity index (χ3n) is 4.51. The predicted molar refractivity (Wildman–Crippen MR) is 110 cm³/mol. The van der Waals surface area contributed by atoms with Crippen LogP contribution < -0.4 is 10.6 Å². The number of carbonyl (C=O) groups excluding carboxylic acids is 1. The van der Waals surface area contributed by atoms with Gasteiger partial charge in [0, 0.05) is 41.6 Å². The van der Waals surface area contributed by atoms with Crippen molar-refractivity contribution in [3.05, 3.63) is 66.5 Å². The van der Waals surface area contributed by atoms with Gasteiger partial charge in [-0.3, -0.25) is 9.78 Å². The van der Waals surface area contributed by atoms with Gasteiger partial charge < -0.3 is 10.6 Å². The average molecular weight is 426 g/mol. The fourth-order valence-corrected chi connectivity index (χ4v) is 2.96. The number of amides is 1. The minimum Gasteiger partial charge on any atom is -0.343 e. The molecule has 0 fully saturated rings. The Bertz CT molecular complexity index is 1230. The number of alkyl halides is 3. The van der Waals surface area contributed by atoms with Crippen LogP contribution in [0.5, 0.6) is 0 Å². The monoisotopic (exact) mass is 426 g/mol. The molecule has 0 unspecified atom stereocenters. The van der Waals surface area contributed by atoms with E-state index in [-0.39, 0.29) is 5.56 Å². The number of nitrogens with zero attached hydrogens (tertiary/aromatic N) is 4. The number of rotatable bonds is 5.